The quantitative estimate of drug-likeness (QED) is 0.0574. The van der Waals surface area contributed by atoms with Gasteiger partial charge >= 0.3 is 0 Å². The molecule has 0 bridgehead atoms. The van der Waals surface area contributed by atoms with Crippen molar-refractivity contribution >= 4 is 5.78 Å². The minimum atomic E-state index is -2.06. The SMILES string of the molecule is CO[C@H]1C[C@H](O[C@H]2CC[C@@]3(C)[C@@H](CC[C@]4(O)[C@@H]3CC[C@]3(C)[C@H](C(C)=O)[C@H](O)[C@@H](O)[C@@]34O)C2)O[C@H](C)[C@H]1O[C@H]1C[C@@H](O)[C@H](O[C@H]2C[C@@H](O)[C@H](O[C@H]3C[C@H](OC)[C@H](O[C@H]4C[C@H](OC)[C@H](O[C@@H]5O[C@H](CO)[C@@H](O[C@@H]6O[C@H](CO)[C@@H](O)[C@H](O)[C@H]6O)[C@H](O)[C@H]5O)[C@@H](C)O4)[C@@H](C)O3)[C@@H](C)O2)[C@@H](C)O1. The second kappa shape index (κ2) is 30.5. The van der Waals surface area contributed by atoms with E-state index in [0.717, 1.165) is 0 Å². The number of aliphatic hydroxyl groups excluding tert-OH is 11. The number of rotatable bonds is 20. The van der Waals surface area contributed by atoms with Crippen LogP contribution in [0.2, 0.25) is 0 Å². The highest BCUT2D eigenvalue weighted by Gasteiger charge is 2.80. The summed E-state index contributed by atoms with van der Waals surface area (Å²) in [5.41, 5.74) is -5.37. The average Bonchev–Trinajstić information content (AvgIpc) is 1.57. The van der Waals surface area contributed by atoms with Crippen LogP contribution in [0.15, 0.2) is 0 Å². The first-order valence-corrected chi connectivity index (χ1v) is 34.9. The Morgan fingerprint density at radius 1 is 0.443 bits per heavy atom. The number of ether oxygens (including phenoxy) is 17. The smallest absolute Gasteiger partial charge is 0.187 e. The zero-order chi connectivity index (χ0) is 70.3. The summed E-state index contributed by atoms with van der Waals surface area (Å²) in [4.78, 5) is 12.8. The number of carbonyl (C=O) groups excluding carboxylic acids is 1. The average molecular weight is 1400 g/mol. The molecule has 40 atom stereocenters. The van der Waals surface area contributed by atoms with Crippen molar-refractivity contribution in [2.45, 2.75) is 346 Å². The van der Waals surface area contributed by atoms with Crippen molar-refractivity contribution in [1.29, 1.82) is 0 Å². The third-order valence-electron chi connectivity index (χ3n) is 24.3. The lowest BCUT2D eigenvalue weighted by molar-refractivity contribution is -0.376. The van der Waals surface area contributed by atoms with E-state index in [1.54, 1.807) is 41.7 Å². The van der Waals surface area contributed by atoms with Gasteiger partial charge in [0.05, 0.1) is 98.0 Å². The summed E-state index contributed by atoms with van der Waals surface area (Å²) < 4.78 is 105. The Bertz CT molecular complexity index is 2560. The highest BCUT2D eigenvalue weighted by atomic mass is 16.8. The van der Waals surface area contributed by atoms with E-state index in [0.29, 0.717) is 44.9 Å². The third kappa shape index (κ3) is 14.2. The lowest BCUT2D eigenvalue weighted by Crippen LogP contribution is -2.76. The number of aliphatic hydroxyl groups is 13. The normalized spacial score (nSPS) is 55.1. The van der Waals surface area contributed by atoms with Gasteiger partial charge in [0.1, 0.15) is 96.8 Å². The van der Waals surface area contributed by atoms with E-state index in [1.807, 2.05) is 6.92 Å². The predicted molar refractivity (Wildman–Crippen MR) is 326 cm³/mol. The summed E-state index contributed by atoms with van der Waals surface area (Å²) >= 11 is 0. The molecule has 4 saturated carbocycles. The van der Waals surface area contributed by atoms with Crippen molar-refractivity contribution in [2.24, 2.45) is 28.6 Å². The fraction of sp³-hybridized carbons (Fsp3) is 0.985. The van der Waals surface area contributed by atoms with Crippen LogP contribution in [-0.4, -0.2) is 321 Å². The van der Waals surface area contributed by atoms with Crippen molar-refractivity contribution < 1.29 is 152 Å². The van der Waals surface area contributed by atoms with Crippen LogP contribution in [0.5, 0.6) is 0 Å². The van der Waals surface area contributed by atoms with Gasteiger partial charge in [-0.25, -0.2) is 0 Å². The van der Waals surface area contributed by atoms with Crippen LogP contribution in [0.1, 0.15) is 132 Å². The molecule has 0 spiro atoms. The van der Waals surface area contributed by atoms with Gasteiger partial charge in [0, 0.05) is 58.8 Å². The molecule has 0 aromatic carbocycles. The lowest BCUT2D eigenvalue weighted by atomic mass is 9.41. The van der Waals surface area contributed by atoms with Crippen LogP contribution in [0.4, 0.5) is 0 Å². The Labute approximate surface area is 565 Å². The summed E-state index contributed by atoms with van der Waals surface area (Å²) in [6.45, 7) is 12.6. The molecule has 7 saturated heterocycles. The van der Waals surface area contributed by atoms with Crippen LogP contribution < -0.4 is 0 Å². The topological polar surface area (TPSA) is 437 Å². The summed E-state index contributed by atoms with van der Waals surface area (Å²) in [5, 5.41) is 144. The second-order valence-electron chi connectivity index (χ2n) is 30.0. The van der Waals surface area contributed by atoms with Gasteiger partial charge in [-0.1, -0.05) is 13.8 Å². The number of hydrogen-bond acceptors (Lipinski definition) is 31. The van der Waals surface area contributed by atoms with Crippen molar-refractivity contribution in [3.63, 3.8) is 0 Å². The summed E-state index contributed by atoms with van der Waals surface area (Å²) in [6.07, 6.45) is -30.5. The fourth-order valence-electron chi connectivity index (χ4n) is 19.1. The van der Waals surface area contributed by atoms with E-state index in [4.69, 9.17) is 80.5 Å². The van der Waals surface area contributed by atoms with Crippen LogP contribution >= 0.6 is 0 Å². The van der Waals surface area contributed by atoms with Crippen LogP contribution in [0.3, 0.4) is 0 Å². The maximum absolute atomic E-state index is 12.8. The van der Waals surface area contributed by atoms with Gasteiger partial charge in [0.15, 0.2) is 44.0 Å². The molecule has 11 aliphatic rings. The molecule has 11 fully saturated rings. The fourth-order valence-corrected chi connectivity index (χ4v) is 19.1. The van der Waals surface area contributed by atoms with E-state index >= 15 is 0 Å². The molecule has 4 aliphatic carbocycles. The molecule has 560 valence electrons. The molecule has 11 rings (SSSR count). The molecule has 31 nitrogen and oxygen atoms in total. The number of fused-ring (bicyclic) bond motifs is 5. The minimum Gasteiger partial charge on any atom is -0.394 e. The van der Waals surface area contributed by atoms with Gasteiger partial charge in [0.25, 0.3) is 0 Å². The van der Waals surface area contributed by atoms with Crippen molar-refractivity contribution in [1.82, 2.24) is 0 Å². The van der Waals surface area contributed by atoms with Crippen LogP contribution in [-0.2, 0) is 85.3 Å². The maximum Gasteiger partial charge on any atom is 0.187 e. The molecule has 0 unspecified atom stereocenters. The van der Waals surface area contributed by atoms with Gasteiger partial charge in [-0.2, -0.15) is 0 Å². The first-order valence-electron chi connectivity index (χ1n) is 34.9. The minimum absolute atomic E-state index is 0.00530. The number of hydrogen-bond donors (Lipinski definition) is 13. The van der Waals surface area contributed by atoms with E-state index in [9.17, 15) is 71.2 Å². The Balaban J connectivity index is 0.612. The monoisotopic (exact) mass is 1400 g/mol. The van der Waals surface area contributed by atoms with Crippen molar-refractivity contribution in [3.8, 4) is 0 Å². The summed E-state index contributed by atoms with van der Waals surface area (Å²) in [5.74, 6) is -1.55. The summed E-state index contributed by atoms with van der Waals surface area (Å²) in [6, 6.07) is 0. The van der Waals surface area contributed by atoms with Gasteiger partial charge in [-0.15, -0.1) is 0 Å². The van der Waals surface area contributed by atoms with Gasteiger partial charge in [-0.05, 0) is 104 Å². The van der Waals surface area contributed by atoms with E-state index in [2.05, 4.69) is 6.92 Å². The highest BCUT2D eigenvalue weighted by Crippen LogP contribution is 2.71. The van der Waals surface area contributed by atoms with Crippen LogP contribution in [0.25, 0.3) is 0 Å². The molecule has 0 amide bonds. The molecule has 0 aromatic heterocycles. The van der Waals surface area contributed by atoms with Crippen molar-refractivity contribution in [2.75, 3.05) is 34.5 Å². The molecule has 97 heavy (non-hydrogen) atoms. The molecule has 7 aliphatic heterocycles. The Kier molecular flexibility index (Phi) is 24.1. The number of ketones is 1. The van der Waals surface area contributed by atoms with Gasteiger partial charge in [0.2, 0.25) is 0 Å². The highest BCUT2D eigenvalue weighted by molar-refractivity contribution is 5.81. The molecule has 0 radical (unpaired) electrons. The molecular formula is C66H110O31. The third-order valence-corrected chi connectivity index (χ3v) is 24.3. The number of methoxy groups -OCH3 is 3. The largest absolute Gasteiger partial charge is 0.394 e. The van der Waals surface area contributed by atoms with E-state index in [-0.39, 0.29) is 55.8 Å². The molecule has 13 N–H and O–H groups in total. The van der Waals surface area contributed by atoms with Gasteiger partial charge < -0.3 is 147 Å². The zero-order valence-corrected chi connectivity index (χ0v) is 57.3. The first kappa shape index (κ1) is 76.6. The Morgan fingerprint density at radius 3 is 1.33 bits per heavy atom. The maximum atomic E-state index is 12.8. The summed E-state index contributed by atoms with van der Waals surface area (Å²) in [7, 11) is 4.58. The molecule has 0 aromatic rings. The zero-order valence-electron chi connectivity index (χ0n) is 57.3. The van der Waals surface area contributed by atoms with E-state index < -0.39 is 238 Å². The predicted octanol–water partition coefficient (Wildman–Crippen LogP) is -2.22. The standard InChI is InChI=1S/C66H110O31/c1-26(69)47-49(73)60(78)66(80)64(47,8)16-14-41-63(7)15-13-33(18-32(63)12-17-65(41,66)79)89-44-21-36(81-9)56(29(4)86-44)94-43-20-35(71)54(27(2)85-43)92-42-19-34(70)55(28(3)84-42)93-45-22-37(82-10)57(30(5)87-45)95-46-23-38(83-11)58(31(6)88-46)96-62-53(77)51(75)59(40(25-68)91-62)97-61-52(76)50(74)48(72)39(24-67)90-61/h27-62,67-68,70-80H,12-25H2,1-11H3/t27-,28-,29-,30-,31-,32+,33+,34-,35-,36+,37+,38+,39-,40-,41-,42+,43+,44+,45+,46+,47-,48-,49+,50+,51-,52-,53-,54-,55-,56-,57-,58-,59-,60-,61+,62+,63+,64-,65+,66-/m1/s1. The second-order valence-corrected chi connectivity index (χ2v) is 30.0. The molecule has 31 heteroatoms. The van der Waals surface area contributed by atoms with E-state index in [1.165, 1.54) is 21.1 Å². The van der Waals surface area contributed by atoms with Crippen molar-refractivity contribution in [3.05, 3.63) is 0 Å². The number of Topliss-reactive ketones (excluding diaryl/α,β-unsaturated/α-hetero) is 1. The number of carbonyl (C=O) groups is 1. The molecular weight excluding hydrogens is 1290 g/mol. The molecule has 7 heterocycles. The Morgan fingerprint density at radius 2 is 0.866 bits per heavy atom. The lowest BCUT2D eigenvalue weighted by Gasteiger charge is -2.67. The Hall–Kier alpha value is -1.53. The van der Waals surface area contributed by atoms with Crippen LogP contribution in [0, 0.1) is 28.6 Å². The van der Waals surface area contributed by atoms with Gasteiger partial charge in [-0.3, -0.25) is 4.79 Å². The first-order chi connectivity index (χ1) is 45.9.